The standard InChI is InChI=1S/3C14H8O4/c2*15-7-1-3-9-11(5-7)14(18)10-4-2-8(16)6-12(10)13(9)17;15-9-5-6-10(16)12-11(9)13(17)7-3-1-2-4-8(7)14(12)18/h3*1-6,15-16H. The molecule has 9 rings (SSSR count). The van der Waals surface area contributed by atoms with Gasteiger partial charge in [0.05, 0.1) is 11.1 Å². The second-order valence-electron chi connectivity index (χ2n) is 12.3. The number of hydrogen-bond acceptors (Lipinski definition) is 12. The van der Waals surface area contributed by atoms with Gasteiger partial charge in [-0.25, -0.2) is 0 Å². The second-order valence-corrected chi connectivity index (χ2v) is 12.3. The van der Waals surface area contributed by atoms with Crippen molar-refractivity contribution >= 4 is 34.7 Å². The van der Waals surface area contributed by atoms with Crippen LogP contribution in [0.25, 0.3) is 0 Å². The number of rotatable bonds is 0. The zero-order valence-corrected chi connectivity index (χ0v) is 27.5. The van der Waals surface area contributed by atoms with Crippen LogP contribution < -0.4 is 0 Å². The predicted molar refractivity (Wildman–Crippen MR) is 189 cm³/mol. The molecule has 0 amide bonds. The van der Waals surface area contributed by atoms with Crippen molar-refractivity contribution in [3.63, 3.8) is 0 Å². The molecule has 6 N–H and O–H groups in total. The first-order valence-corrected chi connectivity index (χ1v) is 16.0. The van der Waals surface area contributed by atoms with Crippen LogP contribution in [-0.2, 0) is 0 Å². The summed E-state index contributed by atoms with van der Waals surface area (Å²) >= 11 is 0. The Morgan fingerprint density at radius 3 is 0.759 bits per heavy atom. The first kappa shape index (κ1) is 34.6. The molecule has 0 aromatic heterocycles. The maximum Gasteiger partial charge on any atom is 0.198 e. The molecule has 0 bridgehead atoms. The summed E-state index contributed by atoms with van der Waals surface area (Å²) < 4.78 is 0. The summed E-state index contributed by atoms with van der Waals surface area (Å²) in [7, 11) is 0. The molecule has 0 saturated heterocycles. The maximum absolute atomic E-state index is 12.2. The third-order valence-corrected chi connectivity index (χ3v) is 9.00. The van der Waals surface area contributed by atoms with Gasteiger partial charge in [-0.15, -0.1) is 0 Å². The van der Waals surface area contributed by atoms with Gasteiger partial charge in [-0.3, -0.25) is 28.8 Å². The molecule has 0 atom stereocenters. The molecule has 6 aromatic carbocycles. The van der Waals surface area contributed by atoms with Crippen LogP contribution in [0.4, 0.5) is 0 Å². The van der Waals surface area contributed by atoms with Crippen LogP contribution in [0.15, 0.2) is 109 Å². The fourth-order valence-electron chi connectivity index (χ4n) is 6.44. The lowest BCUT2D eigenvalue weighted by molar-refractivity contribution is 0.0974. The van der Waals surface area contributed by atoms with Crippen molar-refractivity contribution in [2.75, 3.05) is 0 Å². The lowest BCUT2D eigenvalue weighted by atomic mass is 9.83. The van der Waals surface area contributed by atoms with Gasteiger partial charge in [0.25, 0.3) is 0 Å². The predicted octanol–water partition coefficient (Wildman–Crippen LogP) is 5.62. The van der Waals surface area contributed by atoms with Gasteiger partial charge in [0, 0.05) is 55.6 Å². The summed E-state index contributed by atoms with van der Waals surface area (Å²) in [6.45, 7) is 0. The van der Waals surface area contributed by atoms with Crippen molar-refractivity contribution in [2.24, 2.45) is 0 Å². The molecule has 3 aliphatic carbocycles. The van der Waals surface area contributed by atoms with E-state index in [1.165, 1.54) is 97.1 Å². The molecule has 0 fully saturated rings. The fourth-order valence-corrected chi connectivity index (χ4v) is 6.44. The van der Waals surface area contributed by atoms with E-state index >= 15 is 0 Å². The van der Waals surface area contributed by atoms with Gasteiger partial charge in [0.1, 0.15) is 34.5 Å². The smallest absolute Gasteiger partial charge is 0.198 e. The fraction of sp³-hybridized carbons (Fsp3) is 0. The molecule has 6 aromatic rings. The Morgan fingerprint density at radius 1 is 0.259 bits per heavy atom. The average molecular weight is 721 g/mol. The number of phenolic OH excluding ortho intramolecular Hbond substituents is 6. The van der Waals surface area contributed by atoms with Crippen molar-refractivity contribution in [3.05, 3.63) is 176 Å². The lowest BCUT2D eigenvalue weighted by Gasteiger charge is -2.18. The molecule has 54 heavy (non-hydrogen) atoms. The van der Waals surface area contributed by atoms with E-state index in [0.717, 1.165) is 0 Å². The van der Waals surface area contributed by atoms with Crippen molar-refractivity contribution < 1.29 is 59.4 Å². The first-order chi connectivity index (χ1) is 25.8. The first-order valence-electron chi connectivity index (χ1n) is 16.0. The monoisotopic (exact) mass is 720 g/mol. The number of carbonyl (C=O) groups is 6. The summed E-state index contributed by atoms with van der Waals surface area (Å²) in [4.78, 5) is 73.1. The minimum atomic E-state index is -0.450. The van der Waals surface area contributed by atoms with E-state index in [9.17, 15) is 59.4 Å². The highest BCUT2D eigenvalue weighted by Crippen LogP contribution is 2.37. The van der Waals surface area contributed by atoms with Gasteiger partial charge in [-0.1, -0.05) is 24.3 Å². The molecule has 0 saturated carbocycles. The number of benzene rings is 6. The number of phenols is 6. The quantitative estimate of drug-likeness (QED) is 0.105. The molecular formula is C42H24O12. The van der Waals surface area contributed by atoms with Crippen LogP contribution in [0.1, 0.15) is 95.5 Å². The highest BCUT2D eigenvalue weighted by Gasteiger charge is 2.34. The number of aromatic hydroxyl groups is 6. The topological polar surface area (TPSA) is 224 Å². The summed E-state index contributed by atoms with van der Waals surface area (Å²) in [6.07, 6.45) is 0. The Labute approximate surface area is 304 Å². The third-order valence-electron chi connectivity index (χ3n) is 9.00. The zero-order valence-electron chi connectivity index (χ0n) is 27.5. The van der Waals surface area contributed by atoms with Gasteiger partial charge < -0.3 is 30.6 Å². The van der Waals surface area contributed by atoms with Gasteiger partial charge in [0.2, 0.25) is 0 Å². The molecule has 0 spiro atoms. The van der Waals surface area contributed by atoms with Crippen LogP contribution >= 0.6 is 0 Å². The molecule has 3 aliphatic rings. The summed E-state index contributed by atoms with van der Waals surface area (Å²) in [5.41, 5.74) is 2.00. The molecule has 0 unspecified atom stereocenters. The molecule has 264 valence electrons. The number of carbonyl (C=O) groups excluding carboxylic acids is 6. The van der Waals surface area contributed by atoms with E-state index in [4.69, 9.17) is 0 Å². The molecular weight excluding hydrogens is 696 g/mol. The highest BCUT2D eigenvalue weighted by molar-refractivity contribution is 6.31. The maximum atomic E-state index is 12.2. The average Bonchev–Trinajstić information content (AvgIpc) is 3.16. The summed E-state index contributed by atoms with van der Waals surface area (Å²) in [5, 5.41) is 56.9. The number of ketones is 6. The Morgan fingerprint density at radius 2 is 0.500 bits per heavy atom. The largest absolute Gasteiger partial charge is 0.508 e. The van der Waals surface area contributed by atoms with Crippen LogP contribution in [0, 0.1) is 0 Å². The molecule has 0 radical (unpaired) electrons. The van der Waals surface area contributed by atoms with E-state index in [1.54, 1.807) is 12.1 Å². The highest BCUT2D eigenvalue weighted by atomic mass is 16.3. The minimum Gasteiger partial charge on any atom is -0.508 e. The Kier molecular flexibility index (Phi) is 8.35. The summed E-state index contributed by atoms with van der Waals surface area (Å²) in [5.74, 6) is -3.02. The van der Waals surface area contributed by atoms with Crippen molar-refractivity contribution in [1.82, 2.24) is 0 Å². The third kappa shape index (κ3) is 5.69. The Hall–Kier alpha value is -7.86. The normalized spacial score (nSPS) is 13.1. The van der Waals surface area contributed by atoms with Crippen molar-refractivity contribution in [1.29, 1.82) is 0 Å². The number of fused-ring (bicyclic) bond motifs is 6. The van der Waals surface area contributed by atoms with Gasteiger partial charge >= 0.3 is 0 Å². The van der Waals surface area contributed by atoms with Crippen molar-refractivity contribution in [2.45, 2.75) is 0 Å². The SMILES string of the molecule is O=C1c2ccc(O)cc2C(=O)c2ccc(O)cc21.O=C1c2ccc(O)cc2C(=O)c2ccc(O)cc21.O=C1c2ccccc2C(=O)c2c(O)ccc(O)c21. The lowest BCUT2D eigenvalue weighted by Crippen LogP contribution is -2.20. The number of hydrogen-bond donors (Lipinski definition) is 6. The Balaban J connectivity index is 0.000000125. The molecule has 12 nitrogen and oxygen atoms in total. The second kappa shape index (κ2) is 13.0. The molecule has 0 aliphatic heterocycles. The zero-order chi connectivity index (χ0) is 38.6. The molecule has 12 heteroatoms. The summed E-state index contributed by atoms with van der Waals surface area (Å²) in [6, 6.07) is 25.0. The molecule has 0 heterocycles. The van der Waals surface area contributed by atoms with Gasteiger partial charge in [0.15, 0.2) is 34.7 Å². The minimum absolute atomic E-state index is 0.0582. The van der Waals surface area contributed by atoms with Crippen LogP contribution in [0.3, 0.4) is 0 Å². The van der Waals surface area contributed by atoms with E-state index in [2.05, 4.69) is 0 Å². The van der Waals surface area contributed by atoms with E-state index < -0.39 is 11.6 Å². The van der Waals surface area contributed by atoms with Gasteiger partial charge in [-0.2, -0.15) is 0 Å². The van der Waals surface area contributed by atoms with E-state index in [1.807, 2.05) is 0 Å². The Bertz CT molecular complexity index is 2380. The van der Waals surface area contributed by atoms with Crippen LogP contribution in [-0.4, -0.2) is 65.3 Å². The van der Waals surface area contributed by atoms with Crippen molar-refractivity contribution in [3.8, 4) is 34.5 Å². The van der Waals surface area contributed by atoms with Crippen LogP contribution in [0.5, 0.6) is 34.5 Å². The van der Waals surface area contributed by atoms with E-state index in [-0.39, 0.29) is 124 Å². The van der Waals surface area contributed by atoms with E-state index in [0.29, 0.717) is 0 Å². The van der Waals surface area contributed by atoms with Crippen LogP contribution in [0.2, 0.25) is 0 Å². The van der Waals surface area contributed by atoms with Gasteiger partial charge in [-0.05, 0) is 84.9 Å².